The topological polar surface area (TPSA) is 29.1 Å². The van der Waals surface area contributed by atoms with E-state index in [1.165, 1.54) is 10.5 Å². The van der Waals surface area contributed by atoms with E-state index in [4.69, 9.17) is 0 Å². The molecule has 1 aromatic rings. The molecule has 1 rings (SSSR count). The number of rotatable bonds is 5. The molecule has 0 spiro atoms. The third-order valence-electron chi connectivity index (χ3n) is 2.39. The lowest BCUT2D eigenvalue weighted by molar-refractivity contribution is 0.0988. The number of carbonyl (C=O) groups is 1. The van der Waals surface area contributed by atoms with Crippen molar-refractivity contribution in [3.63, 3.8) is 0 Å². The second-order valence-electron chi connectivity index (χ2n) is 4.14. The molecule has 1 N–H and O–H groups in total. The van der Waals surface area contributed by atoms with Crippen LogP contribution in [0, 0.1) is 6.92 Å². The van der Waals surface area contributed by atoms with Gasteiger partial charge in [-0.25, -0.2) is 0 Å². The van der Waals surface area contributed by atoms with Gasteiger partial charge in [-0.15, -0.1) is 11.8 Å². The van der Waals surface area contributed by atoms with E-state index in [0.29, 0.717) is 12.6 Å². The predicted molar refractivity (Wildman–Crippen MR) is 70.4 cm³/mol. The fourth-order valence-electron chi connectivity index (χ4n) is 1.45. The molecule has 0 aromatic heterocycles. The second-order valence-corrected chi connectivity index (χ2v) is 4.99. The van der Waals surface area contributed by atoms with Crippen LogP contribution in [0.4, 0.5) is 0 Å². The average Bonchev–Trinajstić information content (AvgIpc) is 2.25. The van der Waals surface area contributed by atoms with Gasteiger partial charge in [0.25, 0.3) is 0 Å². The van der Waals surface area contributed by atoms with E-state index in [1.807, 2.05) is 45.2 Å². The van der Waals surface area contributed by atoms with Crippen LogP contribution >= 0.6 is 11.8 Å². The summed E-state index contributed by atoms with van der Waals surface area (Å²) in [6.45, 7) is 6.53. The zero-order valence-corrected chi connectivity index (χ0v) is 11.1. The lowest BCUT2D eigenvalue weighted by Gasteiger charge is -2.08. The summed E-state index contributed by atoms with van der Waals surface area (Å²) >= 11 is 1.71. The van der Waals surface area contributed by atoms with Crippen LogP contribution in [0.2, 0.25) is 0 Å². The number of nitrogens with one attached hydrogen (secondary N) is 1. The highest BCUT2D eigenvalue weighted by atomic mass is 32.2. The summed E-state index contributed by atoms with van der Waals surface area (Å²) in [6, 6.07) is 6.23. The first kappa shape index (κ1) is 13.3. The maximum atomic E-state index is 11.8. The summed E-state index contributed by atoms with van der Waals surface area (Å²) in [5.74, 6) is 0.157. The molecule has 2 nitrogen and oxygen atoms in total. The SMILES string of the molecule is CSc1ccc(C(=O)CNC(C)C)cc1C. The molecule has 16 heavy (non-hydrogen) atoms. The largest absolute Gasteiger partial charge is 0.307 e. The van der Waals surface area contributed by atoms with Crippen LogP contribution in [0.5, 0.6) is 0 Å². The zero-order chi connectivity index (χ0) is 12.1. The first-order valence-corrected chi connectivity index (χ1v) is 6.68. The monoisotopic (exact) mass is 237 g/mol. The van der Waals surface area contributed by atoms with E-state index in [-0.39, 0.29) is 5.78 Å². The van der Waals surface area contributed by atoms with E-state index in [2.05, 4.69) is 5.32 Å². The summed E-state index contributed by atoms with van der Waals surface area (Å²) in [5, 5.41) is 3.14. The van der Waals surface area contributed by atoms with Crippen LogP contribution in [0.15, 0.2) is 23.1 Å². The Hall–Kier alpha value is -0.800. The van der Waals surface area contributed by atoms with Crippen LogP contribution in [-0.4, -0.2) is 24.6 Å². The second kappa shape index (κ2) is 6.06. The number of aryl methyl sites for hydroxylation is 1. The number of carbonyl (C=O) groups excluding carboxylic acids is 1. The normalized spacial score (nSPS) is 10.8. The van der Waals surface area contributed by atoms with Crippen LogP contribution in [0.3, 0.4) is 0 Å². The van der Waals surface area contributed by atoms with Gasteiger partial charge >= 0.3 is 0 Å². The minimum atomic E-state index is 0.157. The smallest absolute Gasteiger partial charge is 0.176 e. The molecule has 0 saturated carbocycles. The summed E-state index contributed by atoms with van der Waals surface area (Å²) in [5.41, 5.74) is 1.96. The summed E-state index contributed by atoms with van der Waals surface area (Å²) in [7, 11) is 0. The fraction of sp³-hybridized carbons (Fsp3) is 0.462. The maximum absolute atomic E-state index is 11.8. The molecule has 0 radical (unpaired) electrons. The highest BCUT2D eigenvalue weighted by Crippen LogP contribution is 2.20. The van der Waals surface area contributed by atoms with Gasteiger partial charge in [0, 0.05) is 16.5 Å². The lowest BCUT2D eigenvalue weighted by atomic mass is 10.1. The molecule has 0 bridgehead atoms. The predicted octanol–water partition coefficient (Wildman–Crippen LogP) is 2.90. The molecule has 0 saturated heterocycles. The Morgan fingerprint density at radius 2 is 2.12 bits per heavy atom. The number of hydrogen-bond acceptors (Lipinski definition) is 3. The number of hydrogen-bond donors (Lipinski definition) is 1. The molecule has 0 aliphatic carbocycles. The molecule has 0 heterocycles. The number of benzene rings is 1. The van der Waals surface area contributed by atoms with Gasteiger partial charge in [0.2, 0.25) is 0 Å². The van der Waals surface area contributed by atoms with Crippen LogP contribution in [-0.2, 0) is 0 Å². The van der Waals surface area contributed by atoms with E-state index in [0.717, 1.165) is 5.56 Å². The van der Waals surface area contributed by atoms with E-state index in [9.17, 15) is 4.79 Å². The Morgan fingerprint density at radius 3 is 2.62 bits per heavy atom. The number of thioether (sulfide) groups is 1. The molecule has 88 valence electrons. The first-order valence-electron chi connectivity index (χ1n) is 5.46. The minimum Gasteiger partial charge on any atom is -0.307 e. The van der Waals surface area contributed by atoms with Crippen molar-refractivity contribution in [2.75, 3.05) is 12.8 Å². The van der Waals surface area contributed by atoms with Crippen LogP contribution < -0.4 is 5.32 Å². The summed E-state index contributed by atoms with van der Waals surface area (Å²) in [4.78, 5) is 13.1. The Morgan fingerprint density at radius 1 is 1.44 bits per heavy atom. The van der Waals surface area contributed by atoms with Crippen molar-refractivity contribution in [3.05, 3.63) is 29.3 Å². The van der Waals surface area contributed by atoms with Gasteiger partial charge in [-0.2, -0.15) is 0 Å². The standard InChI is InChI=1S/C13H19NOS/c1-9(2)14-8-12(15)11-5-6-13(16-4)10(3)7-11/h5-7,9,14H,8H2,1-4H3. The number of Topliss-reactive ketones (excluding diaryl/α,β-unsaturated/α-hetero) is 1. The van der Waals surface area contributed by atoms with Gasteiger partial charge in [0.05, 0.1) is 6.54 Å². The van der Waals surface area contributed by atoms with Gasteiger partial charge in [-0.1, -0.05) is 19.9 Å². The quantitative estimate of drug-likeness (QED) is 0.630. The van der Waals surface area contributed by atoms with Crippen molar-refractivity contribution in [1.82, 2.24) is 5.32 Å². The highest BCUT2D eigenvalue weighted by Gasteiger charge is 2.07. The molecule has 0 unspecified atom stereocenters. The van der Waals surface area contributed by atoms with Gasteiger partial charge in [-0.3, -0.25) is 4.79 Å². The molecule has 0 aliphatic heterocycles. The Balaban J connectivity index is 2.73. The maximum Gasteiger partial charge on any atom is 0.176 e. The Labute approximate surface area is 102 Å². The molecule has 1 aromatic carbocycles. The Kier molecular flexibility index (Phi) is 5.03. The molecular weight excluding hydrogens is 218 g/mol. The van der Waals surface area contributed by atoms with E-state index >= 15 is 0 Å². The van der Waals surface area contributed by atoms with Gasteiger partial charge < -0.3 is 5.32 Å². The van der Waals surface area contributed by atoms with Gasteiger partial charge in [0.1, 0.15) is 0 Å². The van der Waals surface area contributed by atoms with Crippen molar-refractivity contribution in [2.45, 2.75) is 31.7 Å². The first-order chi connectivity index (χ1) is 7.54. The fourth-order valence-corrected chi connectivity index (χ4v) is 2.04. The van der Waals surface area contributed by atoms with Crippen molar-refractivity contribution in [2.24, 2.45) is 0 Å². The van der Waals surface area contributed by atoms with Gasteiger partial charge in [-0.05, 0) is 30.9 Å². The van der Waals surface area contributed by atoms with E-state index < -0.39 is 0 Å². The zero-order valence-electron chi connectivity index (χ0n) is 10.3. The minimum absolute atomic E-state index is 0.157. The summed E-state index contributed by atoms with van der Waals surface area (Å²) < 4.78 is 0. The van der Waals surface area contributed by atoms with Crippen molar-refractivity contribution >= 4 is 17.5 Å². The highest BCUT2D eigenvalue weighted by molar-refractivity contribution is 7.98. The molecule has 3 heteroatoms. The van der Waals surface area contributed by atoms with Crippen molar-refractivity contribution in [3.8, 4) is 0 Å². The lowest BCUT2D eigenvalue weighted by Crippen LogP contribution is -2.29. The van der Waals surface area contributed by atoms with Crippen molar-refractivity contribution in [1.29, 1.82) is 0 Å². The molecule has 0 fully saturated rings. The number of ketones is 1. The molecule has 0 aliphatic rings. The Bertz CT molecular complexity index is 374. The van der Waals surface area contributed by atoms with Gasteiger partial charge in [0.15, 0.2) is 5.78 Å². The molecular formula is C13H19NOS. The van der Waals surface area contributed by atoms with Crippen LogP contribution in [0.1, 0.15) is 29.8 Å². The van der Waals surface area contributed by atoms with E-state index in [1.54, 1.807) is 11.8 Å². The third-order valence-corrected chi connectivity index (χ3v) is 3.29. The average molecular weight is 237 g/mol. The summed E-state index contributed by atoms with van der Waals surface area (Å²) in [6.07, 6.45) is 2.05. The molecule has 0 amide bonds. The third kappa shape index (κ3) is 3.65. The van der Waals surface area contributed by atoms with Crippen molar-refractivity contribution < 1.29 is 4.79 Å². The van der Waals surface area contributed by atoms with Crippen LogP contribution in [0.25, 0.3) is 0 Å². The molecule has 0 atom stereocenters.